The van der Waals surface area contributed by atoms with Crippen LogP contribution in [0.1, 0.15) is 11.1 Å². The summed E-state index contributed by atoms with van der Waals surface area (Å²) in [5, 5.41) is 4.35. The molecule has 122 valence electrons. The van der Waals surface area contributed by atoms with Crippen molar-refractivity contribution in [1.29, 1.82) is 0 Å². The Hall–Kier alpha value is -1.76. The molecule has 0 unspecified atom stereocenters. The van der Waals surface area contributed by atoms with E-state index in [1.54, 1.807) is 24.3 Å². The van der Waals surface area contributed by atoms with Crippen LogP contribution in [0, 0.1) is 6.92 Å². The third kappa shape index (κ3) is 4.37. The number of ether oxygens (including phenoxy) is 1. The van der Waals surface area contributed by atoms with Crippen LogP contribution in [-0.2, 0) is 10.0 Å². The average molecular weight is 373 g/mol. The summed E-state index contributed by atoms with van der Waals surface area (Å²) in [5.41, 5.74) is 1.50. The number of hydrazone groups is 1. The molecule has 2 aromatic carbocycles. The Morgan fingerprint density at radius 3 is 2.22 bits per heavy atom. The van der Waals surface area contributed by atoms with E-state index in [1.807, 2.05) is 6.92 Å². The van der Waals surface area contributed by atoms with Gasteiger partial charge in [0.25, 0.3) is 10.0 Å². The first kappa shape index (κ1) is 17.6. The van der Waals surface area contributed by atoms with Crippen LogP contribution >= 0.6 is 23.2 Å². The second-order valence-corrected chi connectivity index (χ2v) is 7.16. The van der Waals surface area contributed by atoms with Crippen molar-refractivity contribution in [2.24, 2.45) is 5.10 Å². The van der Waals surface area contributed by atoms with Crippen LogP contribution in [0.3, 0.4) is 0 Å². The number of methoxy groups -OCH3 is 1. The molecule has 0 aliphatic carbocycles. The molecular weight excluding hydrogens is 359 g/mol. The van der Waals surface area contributed by atoms with Gasteiger partial charge in [0.15, 0.2) is 5.75 Å². The number of hydrogen-bond donors (Lipinski definition) is 1. The Morgan fingerprint density at radius 1 is 1.13 bits per heavy atom. The third-order valence-electron chi connectivity index (χ3n) is 2.94. The second kappa shape index (κ2) is 7.21. The van der Waals surface area contributed by atoms with Crippen LogP contribution in [0.5, 0.6) is 5.75 Å². The van der Waals surface area contributed by atoms with Crippen LogP contribution in [0.15, 0.2) is 46.4 Å². The Bertz CT molecular complexity index is 811. The normalized spacial score (nSPS) is 11.7. The molecule has 0 fully saturated rings. The first-order valence-electron chi connectivity index (χ1n) is 6.48. The Morgan fingerprint density at radius 2 is 1.70 bits per heavy atom. The van der Waals surface area contributed by atoms with Gasteiger partial charge >= 0.3 is 0 Å². The Balaban J connectivity index is 2.17. The first-order valence-corrected chi connectivity index (χ1v) is 8.72. The quantitative estimate of drug-likeness (QED) is 0.643. The number of nitrogens with one attached hydrogen (secondary N) is 1. The van der Waals surface area contributed by atoms with Crippen molar-refractivity contribution < 1.29 is 13.2 Å². The lowest BCUT2D eigenvalue weighted by Crippen LogP contribution is -2.18. The van der Waals surface area contributed by atoms with Crippen molar-refractivity contribution in [3.63, 3.8) is 0 Å². The molecule has 0 aromatic heterocycles. The number of rotatable bonds is 5. The smallest absolute Gasteiger partial charge is 0.276 e. The maximum Gasteiger partial charge on any atom is 0.276 e. The summed E-state index contributed by atoms with van der Waals surface area (Å²) >= 11 is 12.0. The number of hydrogen-bond acceptors (Lipinski definition) is 4. The molecule has 8 heteroatoms. The molecule has 0 atom stereocenters. The molecule has 0 radical (unpaired) electrons. The lowest BCUT2D eigenvalue weighted by Gasteiger charge is -2.06. The molecule has 0 heterocycles. The third-order valence-corrected chi connectivity index (χ3v) is 4.74. The number of aryl methyl sites for hydroxylation is 1. The number of halogens is 2. The molecule has 0 amide bonds. The van der Waals surface area contributed by atoms with E-state index in [0.29, 0.717) is 21.4 Å². The van der Waals surface area contributed by atoms with Gasteiger partial charge in [-0.25, -0.2) is 4.83 Å². The molecule has 2 aromatic rings. The highest BCUT2D eigenvalue weighted by Crippen LogP contribution is 2.33. The van der Waals surface area contributed by atoms with Crippen LogP contribution in [-0.4, -0.2) is 21.7 Å². The molecule has 1 N–H and O–H groups in total. The van der Waals surface area contributed by atoms with Gasteiger partial charge in [-0.15, -0.1) is 0 Å². The predicted molar refractivity (Wildman–Crippen MR) is 92.1 cm³/mol. The average Bonchev–Trinajstić information content (AvgIpc) is 2.47. The molecule has 0 aliphatic rings. The molecule has 0 saturated heterocycles. The van der Waals surface area contributed by atoms with E-state index >= 15 is 0 Å². The molecule has 0 bridgehead atoms. The van der Waals surface area contributed by atoms with Gasteiger partial charge in [0.1, 0.15) is 0 Å². The largest absolute Gasteiger partial charge is 0.494 e. The number of benzene rings is 2. The lowest BCUT2D eigenvalue weighted by molar-refractivity contribution is 0.415. The molecule has 0 spiro atoms. The van der Waals surface area contributed by atoms with Crippen LogP contribution in [0.2, 0.25) is 10.0 Å². The van der Waals surface area contributed by atoms with Crippen molar-refractivity contribution in [2.75, 3.05) is 7.11 Å². The van der Waals surface area contributed by atoms with Gasteiger partial charge in [0.2, 0.25) is 0 Å². The van der Waals surface area contributed by atoms with Gasteiger partial charge < -0.3 is 4.74 Å². The molecule has 0 aliphatic heterocycles. The van der Waals surface area contributed by atoms with Crippen molar-refractivity contribution in [1.82, 2.24) is 4.83 Å². The number of sulfonamides is 1. The summed E-state index contributed by atoms with van der Waals surface area (Å²) < 4.78 is 29.2. The monoisotopic (exact) mass is 372 g/mol. The standard InChI is InChI=1S/C15H14Cl2N2O3S/c1-10-3-5-12(6-4-10)23(20,21)19-18-9-11-7-13(16)15(22-2)14(17)8-11/h3-9,19H,1-2H3/b18-9-. The number of nitrogens with zero attached hydrogens (tertiary/aromatic N) is 1. The first-order chi connectivity index (χ1) is 10.8. The molecule has 23 heavy (non-hydrogen) atoms. The van der Waals surface area contributed by atoms with Gasteiger partial charge in [-0.1, -0.05) is 40.9 Å². The van der Waals surface area contributed by atoms with Gasteiger partial charge in [0.05, 0.1) is 28.3 Å². The van der Waals surface area contributed by atoms with Crippen LogP contribution in [0.25, 0.3) is 0 Å². The molecule has 0 saturated carbocycles. The minimum absolute atomic E-state index is 0.131. The predicted octanol–water partition coefficient (Wildman–Crippen LogP) is 3.62. The highest BCUT2D eigenvalue weighted by Gasteiger charge is 2.12. The highest BCUT2D eigenvalue weighted by molar-refractivity contribution is 7.89. The topological polar surface area (TPSA) is 67.8 Å². The summed E-state index contributed by atoms with van der Waals surface area (Å²) in [6, 6.07) is 9.57. The van der Waals surface area contributed by atoms with E-state index in [2.05, 4.69) is 9.93 Å². The van der Waals surface area contributed by atoms with Gasteiger partial charge in [0, 0.05) is 0 Å². The van der Waals surface area contributed by atoms with Crippen molar-refractivity contribution in [2.45, 2.75) is 11.8 Å². The van der Waals surface area contributed by atoms with Gasteiger partial charge in [-0.2, -0.15) is 13.5 Å². The van der Waals surface area contributed by atoms with E-state index in [-0.39, 0.29) is 4.90 Å². The summed E-state index contributed by atoms with van der Waals surface area (Å²) in [6.45, 7) is 1.87. The van der Waals surface area contributed by atoms with E-state index in [0.717, 1.165) is 5.56 Å². The summed E-state index contributed by atoms with van der Waals surface area (Å²) in [7, 11) is -2.26. The lowest BCUT2D eigenvalue weighted by atomic mass is 10.2. The maximum atomic E-state index is 12.1. The Labute approximate surface area is 144 Å². The zero-order valence-corrected chi connectivity index (χ0v) is 14.7. The Kier molecular flexibility index (Phi) is 5.51. The maximum absolute atomic E-state index is 12.1. The molecule has 2 rings (SSSR count). The summed E-state index contributed by atoms with van der Waals surface area (Å²) in [6.07, 6.45) is 1.31. The molecule has 5 nitrogen and oxygen atoms in total. The van der Waals surface area contributed by atoms with E-state index in [4.69, 9.17) is 27.9 Å². The second-order valence-electron chi connectivity index (χ2n) is 4.68. The van der Waals surface area contributed by atoms with Gasteiger partial charge in [-0.3, -0.25) is 0 Å². The minimum atomic E-state index is -3.72. The fourth-order valence-corrected chi connectivity index (χ4v) is 3.24. The summed E-state index contributed by atoms with van der Waals surface area (Å²) in [4.78, 5) is 2.27. The van der Waals surface area contributed by atoms with Gasteiger partial charge in [-0.05, 0) is 36.8 Å². The van der Waals surface area contributed by atoms with Crippen LogP contribution < -0.4 is 9.57 Å². The molecular formula is C15H14Cl2N2O3S. The fourth-order valence-electron chi connectivity index (χ4n) is 1.79. The fraction of sp³-hybridized carbons (Fsp3) is 0.133. The zero-order valence-electron chi connectivity index (χ0n) is 12.4. The van der Waals surface area contributed by atoms with Crippen molar-refractivity contribution >= 4 is 39.4 Å². The SMILES string of the molecule is COc1c(Cl)cc(/C=N\NS(=O)(=O)c2ccc(C)cc2)cc1Cl. The zero-order chi connectivity index (χ0) is 17.0. The van der Waals surface area contributed by atoms with Crippen molar-refractivity contribution in [3.8, 4) is 5.75 Å². The van der Waals surface area contributed by atoms with Crippen LogP contribution in [0.4, 0.5) is 0 Å². The highest BCUT2D eigenvalue weighted by atomic mass is 35.5. The van der Waals surface area contributed by atoms with E-state index < -0.39 is 10.0 Å². The van der Waals surface area contributed by atoms with Crippen molar-refractivity contribution in [3.05, 3.63) is 57.6 Å². The van der Waals surface area contributed by atoms with E-state index in [1.165, 1.54) is 25.5 Å². The van der Waals surface area contributed by atoms with E-state index in [9.17, 15) is 8.42 Å². The minimum Gasteiger partial charge on any atom is -0.494 e. The summed E-state index contributed by atoms with van der Waals surface area (Å²) in [5.74, 6) is 0.353.